The Morgan fingerprint density at radius 1 is 0.520 bits per heavy atom. The molecule has 0 radical (unpaired) electrons. The first-order chi connectivity index (χ1) is 24.2. The fourth-order valence-electron chi connectivity index (χ4n) is 5.28. The highest BCUT2D eigenvalue weighted by molar-refractivity contribution is 6.05. The number of pyridine rings is 2. The quantitative estimate of drug-likeness (QED) is 0.153. The number of aromatic nitrogens is 5. The van der Waals surface area contributed by atoms with E-state index < -0.39 is 11.7 Å². The Bertz CT molecular complexity index is 2010. The minimum Gasteiger partial charge on any atom is -0.307 e. The Morgan fingerprint density at radius 2 is 0.940 bits per heavy atom. The molecule has 0 fully saturated rings. The molecule has 6 rings (SSSR count). The van der Waals surface area contributed by atoms with Crippen molar-refractivity contribution in [1.82, 2.24) is 24.9 Å². The smallest absolute Gasteiger partial charge is 0.307 e. The van der Waals surface area contributed by atoms with Crippen LogP contribution < -0.4 is 9.80 Å². The third-order valence-corrected chi connectivity index (χ3v) is 7.76. The van der Waals surface area contributed by atoms with E-state index in [0.29, 0.717) is 24.5 Å². The summed E-state index contributed by atoms with van der Waals surface area (Å²) in [7, 11) is 0. The van der Waals surface area contributed by atoms with Crippen LogP contribution in [-0.4, -0.2) is 49.8 Å². The predicted octanol–water partition coefficient (Wildman–Crippen LogP) is 8.01. The normalized spacial score (nSPS) is 11.2. The predicted molar refractivity (Wildman–Crippen MR) is 184 cm³/mol. The zero-order valence-corrected chi connectivity index (χ0v) is 27.0. The molecule has 50 heavy (non-hydrogen) atoms. The van der Waals surface area contributed by atoms with Gasteiger partial charge in [-0.05, 0) is 74.5 Å². The summed E-state index contributed by atoms with van der Waals surface area (Å²) in [5.74, 6) is -0.524. The minimum atomic E-state index is -4.53. The van der Waals surface area contributed by atoms with Gasteiger partial charge >= 0.3 is 6.18 Å². The van der Waals surface area contributed by atoms with Crippen molar-refractivity contribution in [3.63, 3.8) is 0 Å². The van der Waals surface area contributed by atoms with Crippen molar-refractivity contribution in [3.05, 3.63) is 138 Å². The number of amides is 2. The first kappa shape index (κ1) is 33.6. The lowest BCUT2D eigenvalue weighted by Gasteiger charge is -2.21. The number of hydrogen-bond acceptors (Lipinski definition) is 7. The number of hydrogen-bond donors (Lipinski definition) is 0. The van der Waals surface area contributed by atoms with Gasteiger partial charge in [-0.2, -0.15) is 13.2 Å². The average Bonchev–Trinajstić information content (AvgIpc) is 3.16. The molecule has 0 aliphatic rings. The first-order valence-electron chi connectivity index (χ1n) is 15.8. The molecule has 0 saturated heterocycles. The van der Waals surface area contributed by atoms with E-state index in [1.54, 1.807) is 46.2 Å². The van der Waals surface area contributed by atoms with Crippen LogP contribution in [0.2, 0.25) is 0 Å². The fourth-order valence-corrected chi connectivity index (χ4v) is 5.28. The SMILES string of the molecule is CCN(C(=O)c1cccc(-c2nc(-c3ccc(C(F)(F)F)cc3)nc(-c3cccc(C(=O)N(CC)c4ccccc4)n3)n2)n1)c1ccccc1. The summed E-state index contributed by atoms with van der Waals surface area (Å²) in [5.41, 5.74) is 1.59. The van der Waals surface area contributed by atoms with Crippen molar-refractivity contribution in [2.45, 2.75) is 20.0 Å². The van der Waals surface area contributed by atoms with Gasteiger partial charge in [-0.25, -0.2) is 24.9 Å². The van der Waals surface area contributed by atoms with Gasteiger partial charge in [0, 0.05) is 30.0 Å². The van der Waals surface area contributed by atoms with Crippen LogP contribution in [-0.2, 0) is 6.18 Å². The number of benzene rings is 3. The molecule has 250 valence electrons. The zero-order chi connectivity index (χ0) is 35.3. The van der Waals surface area contributed by atoms with Gasteiger partial charge in [0.1, 0.15) is 22.8 Å². The topological polar surface area (TPSA) is 105 Å². The van der Waals surface area contributed by atoms with E-state index in [1.807, 2.05) is 74.5 Å². The van der Waals surface area contributed by atoms with Gasteiger partial charge in [-0.3, -0.25) is 9.59 Å². The summed E-state index contributed by atoms with van der Waals surface area (Å²) >= 11 is 0. The molecule has 3 aromatic heterocycles. The molecule has 0 unspecified atom stereocenters. The van der Waals surface area contributed by atoms with E-state index in [1.165, 1.54) is 12.1 Å². The summed E-state index contributed by atoms with van der Waals surface area (Å²) in [6.45, 7) is 4.50. The van der Waals surface area contributed by atoms with Gasteiger partial charge in [-0.15, -0.1) is 0 Å². The Hall–Kier alpha value is -6.30. The molecule has 0 bridgehead atoms. The molecule has 12 heteroatoms. The molecule has 0 aliphatic heterocycles. The zero-order valence-electron chi connectivity index (χ0n) is 27.0. The second-order valence-corrected chi connectivity index (χ2v) is 11.0. The van der Waals surface area contributed by atoms with Crippen LogP contribution >= 0.6 is 0 Å². The molecule has 0 spiro atoms. The van der Waals surface area contributed by atoms with Crippen LogP contribution in [0.1, 0.15) is 40.4 Å². The van der Waals surface area contributed by atoms with E-state index in [0.717, 1.165) is 12.1 Å². The summed E-state index contributed by atoms with van der Waals surface area (Å²) in [6.07, 6.45) is -4.53. The summed E-state index contributed by atoms with van der Waals surface area (Å²) < 4.78 is 40.1. The Labute approximate surface area is 286 Å². The summed E-state index contributed by atoms with van der Waals surface area (Å²) in [5, 5.41) is 0. The Kier molecular flexibility index (Phi) is 9.70. The third kappa shape index (κ3) is 7.24. The lowest BCUT2D eigenvalue weighted by molar-refractivity contribution is -0.137. The number of halogens is 3. The van der Waals surface area contributed by atoms with Crippen molar-refractivity contribution < 1.29 is 22.8 Å². The van der Waals surface area contributed by atoms with Gasteiger partial charge in [0.15, 0.2) is 17.5 Å². The van der Waals surface area contributed by atoms with Gasteiger partial charge < -0.3 is 9.80 Å². The molecular formula is C38H30F3N7O2. The van der Waals surface area contributed by atoms with Gasteiger partial charge in [0.25, 0.3) is 11.8 Å². The fraction of sp³-hybridized carbons (Fsp3) is 0.132. The number of anilines is 2. The molecule has 0 saturated carbocycles. The molecule has 6 aromatic rings. The van der Waals surface area contributed by atoms with Gasteiger partial charge in [0.2, 0.25) is 0 Å². The van der Waals surface area contributed by atoms with Gasteiger partial charge in [0.05, 0.1) is 5.56 Å². The van der Waals surface area contributed by atoms with E-state index in [4.69, 9.17) is 0 Å². The molecule has 0 aliphatic carbocycles. The highest BCUT2D eigenvalue weighted by Crippen LogP contribution is 2.31. The van der Waals surface area contributed by atoms with Crippen molar-refractivity contribution in [1.29, 1.82) is 0 Å². The van der Waals surface area contributed by atoms with Gasteiger partial charge in [-0.1, -0.05) is 60.7 Å². The number of nitrogens with zero attached hydrogens (tertiary/aromatic N) is 7. The van der Waals surface area contributed by atoms with Crippen LogP contribution in [0.4, 0.5) is 24.5 Å². The first-order valence-corrected chi connectivity index (χ1v) is 15.8. The van der Waals surface area contributed by atoms with E-state index in [9.17, 15) is 22.8 Å². The number of rotatable bonds is 9. The Balaban J connectivity index is 1.43. The van der Waals surface area contributed by atoms with Crippen molar-refractivity contribution >= 4 is 23.2 Å². The number of alkyl halides is 3. The van der Waals surface area contributed by atoms with E-state index >= 15 is 0 Å². The molecule has 0 atom stereocenters. The highest BCUT2D eigenvalue weighted by Gasteiger charge is 2.30. The highest BCUT2D eigenvalue weighted by atomic mass is 19.4. The largest absolute Gasteiger partial charge is 0.416 e. The van der Waals surface area contributed by atoms with Crippen molar-refractivity contribution in [3.8, 4) is 34.4 Å². The average molecular weight is 674 g/mol. The van der Waals surface area contributed by atoms with E-state index in [-0.39, 0.29) is 57.6 Å². The molecule has 9 nitrogen and oxygen atoms in total. The van der Waals surface area contributed by atoms with Crippen LogP contribution in [0.15, 0.2) is 121 Å². The maximum atomic E-state index is 13.6. The van der Waals surface area contributed by atoms with E-state index in [2.05, 4.69) is 24.9 Å². The summed E-state index contributed by atoms with van der Waals surface area (Å²) in [6, 6.07) is 32.5. The molecule has 3 heterocycles. The van der Waals surface area contributed by atoms with Crippen LogP contribution in [0.5, 0.6) is 0 Å². The lowest BCUT2D eigenvalue weighted by Crippen LogP contribution is -2.31. The third-order valence-electron chi connectivity index (χ3n) is 7.76. The lowest BCUT2D eigenvalue weighted by atomic mass is 10.1. The van der Waals surface area contributed by atoms with Crippen LogP contribution in [0.3, 0.4) is 0 Å². The standard InChI is InChI=1S/C38H30F3N7O2/c1-3-47(27-13-7-5-8-14-27)36(49)31-19-11-17-29(42-31)34-44-33(25-21-23-26(24-22-25)38(39,40)41)45-35(46-34)30-18-12-20-32(43-30)37(50)48(4-2)28-15-9-6-10-16-28/h5-24H,3-4H2,1-2H3. The molecule has 2 amide bonds. The second-order valence-electron chi connectivity index (χ2n) is 11.0. The number of carbonyl (C=O) groups excluding carboxylic acids is 2. The van der Waals surface area contributed by atoms with Crippen LogP contribution in [0.25, 0.3) is 34.4 Å². The summed E-state index contributed by atoms with van der Waals surface area (Å²) in [4.78, 5) is 53.3. The maximum absolute atomic E-state index is 13.6. The molecular weight excluding hydrogens is 643 g/mol. The van der Waals surface area contributed by atoms with Crippen LogP contribution in [0, 0.1) is 0 Å². The van der Waals surface area contributed by atoms with Crippen molar-refractivity contribution in [2.75, 3.05) is 22.9 Å². The maximum Gasteiger partial charge on any atom is 0.416 e. The number of carbonyl (C=O) groups is 2. The number of para-hydroxylation sites is 2. The molecule has 3 aromatic carbocycles. The second kappa shape index (κ2) is 14.4. The van der Waals surface area contributed by atoms with Crippen molar-refractivity contribution in [2.24, 2.45) is 0 Å². The minimum absolute atomic E-state index is 0.0507. The Morgan fingerprint density at radius 3 is 1.34 bits per heavy atom. The molecule has 0 N–H and O–H groups in total. The monoisotopic (exact) mass is 673 g/mol.